The Morgan fingerprint density at radius 3 is 3.29 bits per heavy atom. The molecular formula is C9H13N3O2. The second kappa shape index (κ2) is 3.42. The molecule has 2 heterocycles. The lowest BCUT2D eigenvalue weighted by Crippen LogP contribution is -2.36. The molecule has 2 rings (SSSR count). The summed E-state index contributed by atoms with van der Waals surface area (Å²) in [7, 11) is 1.36. The van der Waals surface area contributed by atoms with Crippen LogP contribution in [-0.4, -0.2) is 28.9 Å². The van der Waals surface area contributed by atoms with Gasteiger partial charge >= 0.3 is 5.97 Å². The molecule has 0 saturated carbocycles. The van der Waals surface area contributed by atoms with E-state index in [0.717, 1.165) is 18.8 Å². The van der Waals surface area contributed by atoms with E-state index in [0.29, 0.717) is 11.7 Å². The van der Waals surface area contributed by atoms with E-state index in [1.807, 2.05) is 4.68 Å². The van der Waals surface area contributed by atoms with Crippen LogP contribution < -0.4 is 5.32 Å². The van der Waals surface area contributed by atoms with Crippen molar-refractivity contribution < 1.29 is 9.53 Å². The second-order valence-corrected chi connectivity index (χ2v) is 3.48. The average Bonchev–Trinajstić information content (AvgIpc) is 2.59. The van der Waals surface area contributed by atoms with Gasteiger partial charge in [0.15, 0.2) is 5.69 Å². The summed E-state index contributed by atoms with van der Waals surface area (Å²) in [6, 6.07) is 2.16. The first-order valence-corrected chi connectivity index (χ1v) is 4.59. The fraction of sp³-hybridized carbons (Fsp3) is 0.556. The zero-order valence-electron chi connectivity index (χ0n) is 8.28. The van der Waals surface area contributed by atoms with Crippen LogP contribution in [0.2, 0.25) is 0 Å². The minimum atomic E-state index is -0.375. The molecule has 5 nitrogen and oxygen atoms in total. The van der Waals surface area contributed by atoms with Gasteiger partial charge in [0.1, 0.15) is 0 Å². The number of hydrogen-bond donors (Lipinski definition) is 1. The van der Waals surface area contributed by atoms with E-state index in [1.165, 1.54) is 7.11 Å². The van der Waals surface area contributed by atoms with Crippen molar-refractivity contribution in [3.63, 3.8) is 0 Å². The maximum absolute atomic E-state index is 11.2. The smallest absolute Gasteiger partial charge is 0.358 e. The van der Waals surface area contributed by atoms with E-state index >= 15 is 0 Å². The van der Waals surface area contributed by atoms with E-state index in [1.54, 1.807) is 6.07 Å². The number of nitrogens with zero attached hydrogens (tertiary/aromatic N) is 2. The molecule has 5 heteroatoms. The van der Waals surface area contributed by atoms with Crippen molar-refractivity contribution in [1.29, 1.82) is 0 Å². The van der Waals surface area contributed by atoms with Crippen LogP contribution in [0.4, 0.5) is 0 Å². The van der Waals surface area contributed by atoms with Crippen molar-refractivity contribution in [2.45, 2.75) is 26.1 Å². The topological polar surface area (TPSA) is 56.2 Å². The zero-order valence-corrected chi connectivity index (χ0v) is 8.28. The Morgan fingerprint density at radius 2 is 2.57 bits per heavy atom. The molecule has 0 spiro atoms. The van der Waals surface area contributed by atoms with Crippen LogP contribution in [0.15, 0.2) is 6.07 Å². The third kappa shape index (κ3) is 1.50. The van der Waals surface area contributed by atoms with Gasteiger partial charge in [-0.25, -0.2) is 4.79 Å². The van der Waals surface area contributed by atoms with Crippen molar-refractivity contribution in [3.8, 4) is 0 Å². The highest BCUT2D eigenvalue weighted by Gasteiger charge is 2.19. The molecule has 14 heavy (non-hydrogen) atoms. The van der Waals surface area contributed by atoms with Gasteiger partial charge in [0.05, 0.1) is 19.3 Å². The number of fused-ring (bicyclic) bond motifs is 1. The van der Waals surface area contributed by atoms with E-state index < -0.39 is 0 Å². The SMILES string of the molecule is COC(=O)c1cc2n(n1)C[C@@H](C)NC2. The van der Waals surface area contributed by atoms with Gasteiger partial charge in [-0.2, -0.15) is 5.10 Å². The molecule has 1 N–H and O–H groups in total. The molecule has 1 aliphatic heterocycles. The van der Waals surface area contributed by atoms with Crippen LogP contribution in [0.5, 0.6) is 0 Å². The number of ether oxygens (including phenoxy) is 1. The summed E-state index contributed by atoms with van der Waals surface area (Å²) >= 11 is 0. The Kier molecular flexibility index (Phi) is 2.25. The van der Waals surface area contributed by atoms with E-state index in [2.05, 4.69) is 22.1 Å². The summed E-state index contributed by atoms with van der Waals surface area (Å²) < 4.78 is 6.46. The van der Waals surface area contributed by atoms with Crippen molar-refractivity contribution in [2.24, 2.45) is 0 Å². The van der Waals surface area contributed by atoms with Crippen molar-refractivity contribution in [1.82, 2.24) is 15.1 Å². The third-order valence-electron chi connectivity index (χ3n) is 2.34. The number of aromatic nitrogens is 2. The maximum Gasteiger partial charge on any atom is 0.358 e. The summed E-state index contributed by atoms with van der Waals surface area (Å²) in [5, 5.41) is 7.47. The number of nitrogens with one attached hydrogen (secondary N) is 1. The number of esters is 1. The molecule has 0 unspecified atom stereocenters. The molecule has 1 atom stereocenters. The molecule has 0 radical (unpaired) electrons. The third-order valence-corrected chi connectivity index (χ3v) is 2.34. The lowest BCUT2D eigenvalue weighted by Gasteiger charge is -2.21. The van der Waals surface area contributed by atoms with Crippen LogP contribution in [0.1, 0.15) is 23.1 Å². The lowest BCUT2D eigenvalue weighted by molar-refractivity contribution is 0.0593. The van der Waals surface area contributed by atoms with Gasteiger partial charge in [-0.15, -0.1) is 0 Å². The number of carbonyl (C=O) groups is 1. The fourth-order valence-corrected chi connectivity index (χ4v) is 1.56. The summed E-state index contributed by atoms with van der Waals surface area (Å²) in [6.45, 7) is 3.64. The first-order chi connectivity index (χ1) is 6.70. The largest absolute Gasteiger partial charge is 0.464 e. The lowest BCUT2D eigenvalue weighted by atomic mass is 10.2. The normalized spacial score (nSPS) is 20.3. The van der Waals surface area contributed by atoms with Crippen LogP contribution in [-0.2, 0) is 17.8 Å². The Balaban J connectivity index is 2.27. The van der Waals surface area contributed by atoms with Crippen molar-refractivity contribution in [3.05, 3.63) is 17.5 Å². The summed E-state index contributed by atoms with van der Waals surface area (Å²) in [6.07, 6.45) is 0. The van der Waals surface area contributed by atoms with Crippen molar-refractivity contribution in [2.75, 3.05) is 7.11 Å². The maximum atomic E-state index is 11.2. The van der Waals surface area contributed by atoms with Gasteiger partial charge in [0.25, 0.3) is 0 Å². The Hall–Kier alpha value is -1.36. The molecule has 0 bridgehead atoms. The van der Waals surface area contributed by atoms with Crippen LogP contribution in [0.3, 0.4) is 0 Å². The molecule has 0 saturated heterocycles. The molecule has 1 aromatic heterocycles. The second-order valence-electron chi connectivity index (χ2n) is 3.48. The molecule has 0 aromatic carbocycles. The Labute approximate surface area is 82.0 Å². The van der Waals surface area contributed by atoms with Gasteiger partial charge in [0, 0.05) is 12.6 Å². The predicted molar refractivity (Wildman–Crippen MR) is 49.9 cm³/mol. The molecule has 1 aliphatic rings. The highest BCUT2D eigenvalue weighted by Crippen LogP contribution is 2.10. The van der Waals surface area contributed by atoms with E-state index in [4.69, 9.17) is 0 Å². The number of rotatable bonds is 1. The Morgan fingerprint density at radius 1 is 1.79 bits per heavy atom. The highest BCUT2D eigenvalue weighted by atomic mass is 16.5. The van der Waals surface area contributed by atoms with E-state index in [9.17, 15) is 4.79 Å². The fourth-order valence-electron chi connectivity index (χ4n) is 1.56. The summed E-state index contributed by atoms with van der Waals surface area (Å²) in [5.74, 6) is -0.375. The summed E-state index contributed by atoms with van der Waals surface area (Å²) in [4.78, 5) is 11.2. The van der Waals surface area contributed by atoms with Crippen LogP contribution in [0, 0.1) is 0 Å². The van der Waals surface area contributed by atoms with Crippen LogP contribution in [0.25, 0.3) is 0 Å². The van der Waals surface area contributed by atoms with Gasteiger partial charge in [-0.3, -0.25) is 4.68 Å². The number of methoxy groups -OCH3 is 1. The molecular weight excluding hydrogens is 182 g/mol. The number of carbonyl (C=O) groups excluding carboxylic acids is 1. The monoisotopic (exact) mass is 195 g/mol. The van der Waals surface area contributed by atoms with Crippen molar-refractivity contribution >= 4 is 5.97 Å². The molecule has 0 fully saturated rings. The van der Waals surface area contributed by atoms with Gasteiger partial charge in [-0.05, 0) is 13.0 Å². The molecule has 1 aromatic rings. The first-order valence-electron chi connectivity index (χ1n) is 4.59. The molecule has 0 amide bonds. The minimum absolute atomic E-state index is 0.375. The van der Waals surface area contributed by atoms with Gasteiger partial charge in [-0.1, -0.05) is 0 Å². The summed E-state index contributed by atoms with van der Waals surface area (Å²) in [5.41, 5.74) is 1.42. The van der Waals surface area contributed by atoms with Gasteiger partial charge < -0.3 is 10.1 Å². The van der Waals surface area contributed by atoms with Gasteiger partial charge in [0.2, 0.25) is 0 Å². The zero-order chi connectivity index (χ0) is 10.1. The minimum Gasteiger partial charge on any atom is -0.464 e. The molecule has 0 aliphatic carbocycles. The predicted octanol–water partition coefficient (Wildman–Crippen LogP) is 0.161. The standard InChI is InChI=1S/C9H13N3O2/c1-6-5-12-7(4-10-6)3-8(11-12)9(13)14-2/h3,6,10H,4-5H2,1-2H3/t6-/m1/s1. The molecule has 76 valence electrons. The average molecular weight is 195 g/mol. The highest BCUT2D eigenvalue weighted by molar-refractivity contribution is 5.87. The number of hydrogen-bond acceptors (Lipinski definition) is 4. The Bertz CT molecular complexity index is 359. The first kappa shape index (κ1) is 9.21. The van der Waals surface area contributed by atoms with E-state index in [-0.39, 0.29) is 5.97 Å². The van der Waals surface area contributed by atoms with Crippen LogP contribution >= 0.6 is 0 Å². The quantitative estimate of drug-likeness (QED) is 0.649.